The van der Waals surface area contributed by atoms with Crippen molar-refractivity contribution in [3.05, 3.63) is 18.2 Å². The maximum absolute atomic E-state index is 4.27. The molecule has 0 fully saturated rings. The van der Waals surface area contributed by atoms with Crippen LogP contribution in [0.1, 0.15) is 19.2 Å². The van der Waals surface area contributed by atoms with Crippen LogP contribution in [0, 0.1) is 0 Å². The predicted molar refractivity (Wildman–Crippen MR) is 50.0 cm³/mol. The minimum absolute atomic E-state index is 1.03. The smallest absolute Gasteiger partial charge is 0.108 e. The van der Waals surface area contributed by atoms with Gasteiger partial charge in [-0.25, -0.2) is 4.98 Å². The van der Waals surface area contributed by atoms with Crippen LogP contribution < -0.4 is 0 Å². The van der Waals surface area contributed by atoms with Gasteiger partial charge < -0.3 is 4.57 Å². The van der Waals surface area contributed by atoms with Gasteiger partial charge in [0.15, 0.2) is 0 Å². The molecule has 1 aromatic heterocycles. The Kier molecular flexibility index (Phi) is 3.63. The van der Waals surface area contributed by atoms with Crippen LogP contribution in [0.25, 0.3) is 0 Å². The highest BCUT2D eigenvalue weighted by Gasteiger charge is 1.98. The summed E-state index contributed by atoms with van der Waals surface area (Å²) in [7, 11) is 0. The number of halogens is 1. The van der Waals surface area contributed by atoms with Crippen LogP contribution in [0.3, 0.4) is 0 Å². The first-order valence-corrected chi connectivity index (χ1v) is 5.06. The lowest BCUT2D eigenvalue weighted by Gasteiger charge is -2.01. The van der Waals surface area contributed by atoms with Crippen LogP contribution in [0.15, 0.2) is 12.4 Å². The van der Waals surface area contributed by atoms with E-state index in [-0.39, 0.29) is 0 Å². The molecule has 1 heterocycles. The first kappa shape index (κ1) is 8.78. The van der Waals surface area contributed by atoms with E-state index in [0.29, 0.717) is 0 Å². The SMILES string of the molecule is CCn1ccnc1CCCBr. The number of aromatic nitrogens is 2. The van der Waals surface area contributed by atoms with Crippen molar-refractivity contribution in [3.63, 3.8) is 0 Å². The largest absolute Gasteiger partial charge is 0.335 e. The topological polar surface area (TPSA) is 17.8 Å². The second kappa shape index (κ2) is 4.54. The lowest BCUT2D eigenvalue weighted by molar-refractivity contribution is 0.686. The molecule has 62 valence electrons. The fraction of sp³-hybridized carbons (Fsp3) is 0.625. The van der Waals surface area contributed by atoms with E-state index < -0.39 is 0 Å². The van der Waals surface area contributed by atoms with Crippen LogP contribution >= 0.6 is 15.9 Å². The van der Waals surface area contributed by atoms with E-state index in [1.54, 1.807) is 0 Å². The Morgan fingerprint density at radius 3 is 3.09 bits per heavy atom. The zero-order chi connectivity index (χ0) is 8.10. The summed E-state index contributed by atoms with van der Waals surface area (Å²) < 4.78 is 2.18. The lowest BCUT2D eigenvalue weighted by atomic mass is 10.3. The summed E-state index contributed by atoms with van der Waals surface area (Å²) in [6, 6.07) is 0. The normalized spacial score (nSPS) is 10.4. The summed E-state index contributed by atoms with van der Waals surface area (Å²) >= 11 is 3.40. The number of hydrogen-bond donors (Lipinski definition) is 0. The van der Waals surface area contributed by atoms with Gasteiger partial charge in [-0.15, -0.1) is 0 Å². The van der Waals surface area contributed by atoms with Gasteiger partial charge >= 0.3 is 0 Å². The molecule has 0 N–H and O–H groups in total. The Morgan fingerprint density at radius 2 is 2.45 bits per heavy atom. The zero-order valence-corrected chi connectivity index (χ0v) is 8.34. The maximum atomic E-state index is 4.27. The van der Waals surface area contributed by atoms with Crippen molar-refractivity contribution in [2.24, 2.45) is 0 Å². The third-order valence-electron chi connectivity index (χ3n) is 1.68. The molecule has 11 heavy (non-hydrogen) atoms. The molecule has 0 radical (unpaired) electrons. The second-order valence-electron chi connectivity index (χ2n) is 2.42. The Balaban J connectivity index is 2.54. The molecule has 0 saturated heterocycles. The van der Waals surface area contributed by atoms with Gasteiger partial charge in [0.05, 0.1) is 0 Å². The summed E-state index contributed by atoms with van der Waals surface area (Å²) in [5, 5.41) is 1.06. The highest BCUT2D eigenvalue weighted by molar-refractivity contribution is 9.09. The van der Waals surface area contributed by atoms with Gasteiger partial charge in [0.1, 0.15) is 5.82 Å². The van der Waals surface area contributed by atoms with Gasteiger partial charge in [-0.05, 0) is 13.3 Å². The summed E-state index contributed by atoms with van der Waals surface area (Å²) in [5.41, 5.74) is 0. The molecule has 0 atom stereocenters. The molecule has 1 aromatic rings. The monoisotopic (exact) mass is 216 g/mol. The van der Waals surface area contributed by atoms with Crippen molar-refractivity contribution in [2.45, 2.75) is 26.3 Å². The third-order valence-corrected chi connectivity index (χ3v) is 2.24. The number of hydrogen-bond acceptors (Lipinski definition) is 1. The van der Waals surface area contributed by atoms with Crippen molar-refractivity contribution < 1.29 is 0 Å². The van der Waals surface area contributed by atoms with Gasteiger partial charge in [0.25, 0.3) is 0 Å². The summed E-state index contributed by atoms with van der Waals surface area (Å²) in [5.74, 6) is 1.20. The highest BCUT2D eigenvalue weighted by atomic mass is 79.9. The minimum atomic E-state index is 1.03. The van der Waals surface area contributed by atoms with Crippen molar-refractivity contribution in [2.75, 3.05) is 5.33 Å². The first-order chi connectivity index (χ1) is 5.38. The molecule has 2 nitrogen and oxygen atoms in total. The highest BCUT2D eigenvalue weighted by Crippen LogP contribution is 2.02. The fourth-order valence-electron chi connectivity index (χ4n) is 1.08. The van der Waals surface area contributed by atoms with E-state index in [2.05, 4.69) is 32.4 Å². The molecule has 0 amide bonds. The average Bonchev–Trinajstić information content (AvgIpc) is 2.47. The van der Waals surface area contributed by atoms with E-state index in [9.17, 15) is 0 Å². The quantitative estimate of drug-likeness (QED) is 0.707. The molecule has 0 spiro atoms. The summed E-state index contributed by atoms with van der Waals surface area (Å²) in [6.45, 7) is 3.16. The van der Waals surface area contributed by atoms with Crippen molar-refractivity contribution >= 4 is 15.9 Å². The fourth-order valence-corrected chi connectivity index (χ4v) is 1.36. The molecular formula is C8H13BrN2. The molecular weight excluding hydrogens is 204 g/mol. The predicted octanol–water partition coefficient (Wildman–Crippen LogP) is 2.23. The number of nitrogens with zero attached hydrogens (tertiary/aromatic N) is 2. The third kappa shape index (κ3) is 2.33. The van der Waals surface area contributed by atoms with Crippen LogP contribution in [0.5, 0.6) is 0 Å². The second-order valence-corrected chi connectivity index (χ2v) is 3.22. The summed E-state index contributed by atoms with van der Waals surface area (Å²) in [6.07, 6.45) is 6.14. The molecule has 3 heteroatoms. The molecule has 0 aliphatic rings. The maximum Gasteiger partial charge on any atom is 0.108 e. The van der Waals surface area contributed by atoms with Gasteiger partial charge in [-0.3, -0.25) is 0 Å². The van der Waals surface area contributed by atoms with E-state index in [4.69, 9.17) is 0 Å². The van der Waals surface area contributed by atoms with Crippen molar-refractivity contribution in [1.82, 2.24) is 9.55 Å². The first-order valence-electron chi connectivity index (χ1n) is 3.94. The standard InChI is InChI=1S/C8H13BrN2/c1-2-11-7-6-10-8(11)4-3-5-9/h6-7H,2-5H2,1H3. The molecule has 0 aliphatic carbocycles. The van der Waals surface area contributed by atoms with E-state index in [0.717, 1.165) is 24.7 Å². The number of imidazole rings is 1. The zero-order valence-electron chi connectivity index (χ0n) is 6.76. The Labute approximate surface area is 75.8 Å². The molecule has 1 rings (SSSR count). The number of aryl methyl sites for hydroxylation is 2. The van der Waals surface area contributed by atoms with Crippen LogP contribution in [0.2, 0.25) is 0 Å². The van der Waals surface area contributed by atoms with Crippen molar-refractivity contribution in [1.29, 1.82) is 0 Å². The Bertz CT molecular complexity index is 208. The number of alkyl halides is 1. The molecule has 0 unspecified atom stereocenters. The van der Waals surface area contributed by atoms with Crippen LogP contribution in [0.4, 0.5) is 0 Å². The molecule has 0 aliphatic heterocycles. The van der Waals surface area contributed by atoms with Gasteiger partial charge in [0.2, 0.25) is 0 Å². The van der Waals surface area contributed by atoms with E-state index in [1.807, 2.05) is 12.4 Å². The molecule has 0 bridgehead atoms. The van der Waals surface area contributed by atoms with Gasteiger partial charge in [0, 0.05) is 30.7 Å². The minimum Gasteiger partial charge on any atom is -0.335 e. The van der Waals surface area contributed by atoms with Crippen molar-refractivity contribution in [3.8, 4) is 0 Å². The van der Waals surface area contributed by atoms with Crippen LogP contribution in [-0.2, 0) is 13.0 Å². The summed E-state index contributed by atoms with van der Waals surface area (Å²) in [4.78, 5) is 4.27. The van der Waals surface area contributed by atoms with E-state index in [1.165, 1.54) is 5.82 Å². The van der Waals surface area contributed by atoms with E-state index >= 15 is 0 Å². The number of rotatable bonds is 4. The Morgan fingerprint density at radius 1 is 1.64 bits per heavy atom. The lowest BCUT2D eigenvalue weighted by Crippen LogP contribution is -2.00. The van der Waals surface area contributed by atoms with Gasteiger partial charge in [-0.1, -0.05) is 15.9 Å². The molecule has 0 saturated carbocycles. The van der Waals surface area contributed by atoms with Gasteiger partial charge in [-0.2, -0.15) is 0 Å². The van der Waals surface area contributed by atoms with Crippen LogP contribution in [-0.4, -0.2) is 14.9 Å². The Hall–Kier alpha value is -0.310. The molecule has 0 aromatic carbocycles. The average molecular weight is 217 g/mol.